The van der Waals surface area contributed by atoms with Crippen LogP contribution in [0.1, 0.15) is 44.4 Å². The fraction of sp³-hybridized carbons (Fsp3) is 0.438. The minimum atomic E-state index is 0.0701. The quantitative estimate of drug-likeness (QED) is 0.846. The highest BCUT2D eigenvalue weighted by Crippen LogP contribution is 2.15. The Morgan fingerprint density at radius 2 is 1.79 bits per heavy atom. The van der Waals surface area contributed by atoms with Crippen LogP contribution >= 0.6 is 0 Å². The summed E-state index contributed by atoms with van der Waals surface area (Å²) in [5, 5.41) is 2.98. The van der Waals surface area contributed by atoms with Gasteiger partial charge >= 0.3 is 0 Å². The van der Waals surface area contributed by atoms with E-state index in [4.69, 9.17) is 0 Å². The van der Waals surface area contributed by atoms with Gasteiger partial charge in [0, 0.05) is 11.3 Å². The smallest absolute Gasteiger partial charge is 0.267 e. The molecule has 2 rings (SSSR count). The molecule has 1 aromatic carbocycles. The summed E-state index contributed by atoms with van der Waals surface area (Å²) in [6.07, 6.45) is 5.04. The summed E-state index contributed by atoms with van der Waals surface area (Å²) in [6.45, 7) is 4.30. The van der Waals surface area contributed by atoms with Crippen molar-refractivity contribution in [3.63, 3.8) is 0 Å². The van der Waals surface area contributed by atoms with E-state index in [0.717, 1.165) is 49.0 Å². The van der Waals surface area contributed by atoms with Gasteiger partial charge in [0.15, 0.2) is 0 Å². The molecule has 0 radical (unpaired) electrons. The lowest BCUT2D eigenvalue weighted by Gasteiger charge is -2.09. The molecule has 0 atom stereocenters. The van der Waals surface area contributed by atoms with Crippen molar-refractivity contribution in [2.75, 3.05) is 0 Å². The minimum Gasteiger partial charge on any atom is -0.268 e. The zero-order valence-electron chi connectivity index (χ0n) is 11.8. The molecule has 0 fully saturated rings. The fourth-order valence-corrected chi connectivity index (χ4v) is 2.41. The first-order valence-electron chi connectivity index (χ1n) is 7.16. The van der Waals surface area contributed by atoms with Crippen LogP contribution in [0, 0.1) is 0 Å². The van der Waals surface area contributed by atoms with Gasteiger partial charge in [-0.1, -0.05) is 44.9 Å². The topological polar surface area (TPSA) is 37.8 Å². The lowest BCUT2D eigenvalue weighted by molar-refractivity contribution is 0.748. The Bertz CT molecular complexity index is 566. The first-order chi connectivity index (χ1) is 9.27. The Balaban J connectivity index is 2.46. The first kappa shape index (κ1) is 13.7. The third kappa shape index (κ3) is 2.98. The van der Waals surface area contributed by atoms with Crippen LogP contribution in [0.2, 0.25) is 0 Å². The second-order valence-electron chi connectivity index (χ2n) is 4.89. The molecule has 0 aliphatic rings. The van der Waals surface area contributed by atoms with Crippen molar-refractivity contribution in [1.82, 2.24) is 9.78 Å². The van der Waals surface area contributed by atoms with Gasteiger partial charge in [-0.25, -0.2) is 0 Å². The van der Waals surface area contributed by atoms with E-state index in [1.165, 1.54) is 0 Å². The maximum Gasteiger partial charge on any atom is 0.267 e. The highest BCUT2D eigenvalue weighted by atomic mass is 16.1. The summed E-state index contributed by atoms with van der Waals surface area (Å²) < 4.78 is 1.96. The van der Waals surface area contributed by atoms with Crippen molar-refractivity contribution in [1.29, 1.82) is 0 Å². The molecule has 19 heavy (non-hydrogen) atoms. The lowest BCUT2D eigenvalue weighted by atomic mass is 10.1. The summed E-state index contributed by atoms with van der Waals surface area (Å²) in [5.41, 5.74) is 3.21. The number of hydrogen-bond donors (Lipinski definition) is 1. The van der Waals surface area contributed by atoms with Crippen molar-refractivity contribution in [3.05, 3.63) is 51.9 Å². The molecule has 0 amide bonds. The van der Waals surface area contributed by atoms with E-state index in [2.05, 4.69) is 18.9 Å². The summed E-state index contributed by atoms with van der Waals surface area (Å²) >= 11 is 0. The van der Waals surface area contributed by atoms with Crippen molar-refractivity contribution in [2.45, 2.75) is 46.0 Å². The second kappa shape index (κ2) is 6.41. The zero-order valence-corrected chi connectivity index (χ0v) is 11.8. The molecule has 0 bridgehead atoms. The molecule has 1 heterocycles. The molecule has 0 aliphatic carbocycles. The molecule has 2 aromatic rings. The number of nitrogens with zero attached hydrogens (tertiary/aromatic N) is 1. The van der Waals surface area contributed by atoms with Gasteiger partial charge in [-0.15, -0.1) is 0 Å². The van der Waals surface area contributed by atoms with Gasteiger partial charge in [0.2, 0.25) is 0 Å². The highest BCUT2D eigenvalue weighted by molar-refractivity contribution is 5.35. The van der Waals surface area contributed by atoms with Gasteiger partial charge in [-0.3, -0.25) is 14.6 Å². The third-order valence-corrected chi connectivity index (χ3v) is 3.39. The van der Waals surface area contributed by atoms with Crippen LogP contribution in [0.3, 0.4) is 0 Å². The van der Waals surface area contributed by atoms with Crippen molar-refractivity contribution in [3.8, 4) is 5.69 Å². The predicted octanol–water partition coefficient (Wildman–Crippen LogP) is 3.46. The third-order valence-electron chi connectivity index (χ3n) is 3.39. The monoisotopic (exact) mass is 258 g/mol. The number of para-hydroxylation sites is 1. The molecule has 0 spiro atoms. The van der Waals surface area contributed by atoms with Gasteiger partial charge < -0.3 is 0 Å². The zero-order chi connectivity index (χ0) is 13.7. The number of nitrogens with one attached hydrogen (secondary N) is 1. The molecule has 3 nitrogen and oxygen atoms in total. The van der Waals surface area contributed by atoms with E-state index in [9.17, 15) is 4.79 Å². The average molecular weight is 258 g/mol. The van der Waals surface area contributed by atoms with E-state index in [0.29, 0.717) is 0 Å². The van der Waals surface area contributed by atoms with Crippen LogP contribution in [0.4, 0.5) is 0 Å². The van der Waals surface area contributed by atoms with Crippen LogP contribution in [0.25, 0.3) is 5.69 Å². The predicted molar refractivity (Wildman–Crippen MR) is 79.0 cm³/mol. The Labute approximate surface area is 114 Å². The van der Waals surface area contributed by atoms with Gasteiger partial charge in [-0.2, -0.15) is 0 Å². The molecule has 0 unspecified atom stereocenters. The number of benzene rings is 1. The molecule has 1 N–H and O–H groups in total. The van der Waals surface area contributed by atoms with Crippen LogP contribution in [0.5, 0.6) is 0 Å². The van der Waals surface area contributed by atoms with Gasteiger partial charge in [0.25, 0.3) is 5.56 Å². The number of unbranched alkanes of at least 4 members (excludes halogenated alkanes) is 1. The number of aromatic nitrogens is 2. The highest BCUT2D eigenvalue weighted by Gasteiger charge is 2.14. The Morgan fingerprint density at radius 3 is 2.42 bits per heavy atom. The van der Waals surface area contributed by atoms with E-state index in [1.54, 1.807) is 0 Å². The molecular formula is C16H22N2O. The molecule has 0 saturated carbocycles. The summed E-state index contributed by atoms with van der Waals surface area (Å²) in [5.74, 6) is 0. The maximum atomic E-state index is 12.1. The summed E-state index contributed by atoms with van der Waals surface area (Å²) in [7, 11) is 0. The van der Waals surface area contributed by atoms with E-state index in [1.807, 2.05) is 35.0 Å². The molecule has 1 aromatic heterocycles. The van der Waals surface area contributed by atoms with Crippen LogP contribution < -0.4 is 5.56 Å². The van der Waals surface area contributed by atoms with Crippen molar-refractivity contribution in [2.24, 2.45) is 0 Å². The van der Waals surface area contributed by atoms with Crippen molar-refractivity contribution < 1.29 is 0 Å². The molecule has 3 heteroatoms. The second-order valence-corrected chi connectivity index (χ2v) is 4.89. The van der Waals surface area contributed by atoms with Crippen molar-refractivity contribution >= 4 is 0 Å². The minimum absolute atomic E-state index is 0.0701. The van der Waals surface area contributed by atoms with E-state index in [-0.39, 0.29) is 5.56 Å². The largest absolute Gasteiger partial charge is 0.268 e. The maximum absolute atomic E-state index is 12.1. The Hall–Kier alpha value is -1.77. The lowest BCUT2D eigenvalue weighted by Crippen LogP contribution is -2.07. The van der Waals surface area contributed by atoms with Crippen LogP contribution in [-0.4, -0.2) is 9.78 Å². The first-order valence-corrected chi connectivity index (χ1v) is 7.16. The molecule has 0 aliphatic heterocycles. The summed E-state index contributed by atoms with van der Waals surface area (Å²) in [6, 6.07) is 10.0. The molecular weight excluding hydrogens is 236 g/mol. The molecule has 102 valence electrons. The number of rotatable bonds is 6. The van der Waals surface area contributed by atoms with Gasteiger partial charge in [0.05, 0.1) is 5.69 Å². The van der Waals surface area contributed by atoms with Gasteiger partial charge in [-0.05, 0) is 31.4 Å². The fourth-order valence-electron chi connectivity index (χ4n) is 2.41. The number of hydrogen-bond acceptors (Lipinski definition) is 1. The van der Waals surface area contributed by atoms with Crippen LogP contribution in [0.15, 0.2) is 35.1 Å². The van der Waals surface area contributed by atoms with Gasteiger partial charge in [0.1, 0.15) is 0 Å². The van der Waals surface area contributed by atoms with E-state index < -0.39 is 0 Å². The van der Waals surface area contributed by atoms with Crippen LogP contribution in [-0.2, 0) is 12.8 Å². The standard InChI is InChI=1S/C16H22N2O/c1-3-5-12-14-15(9-4-2)18(17-16(14)19)13-10-7-6-8-11-13/h6-8,10-11H,3-5,9,12H2,1-2H3,(H,17,19). The Kier molecular flexibility index (Phi) is 4.61. The van der Waals surface area contributed by atoms with E-state index >= 15 is 0 Å². The summed E-state index contributed by atoms with van der Waals surface area (Å²) in [4.78, 5) is 12.1. The number of H-pyrrole nitrogens is 1. The molecule has 0 saturated heterocycles. The SMILES string of the molecule is CCCCc1c(CCC)n(-c2ccccc2)[nH]c1=O. The number of aromatic amines is 1. The Morgan fingerprint density at radius 1 is 1.05 bits per heavy atom. The average Bonchev–Trinajstić information content (AvgIpc) is 2.75. The normalized spacial score (nSPS) is 10.8.